The highest BCUT2D eigenvalue weighted by atomic mass is 35.5. The van der Waals surface area contributed by atoms with Crippen molar-refractivity contribution in [3.8, 4) is 11.4 Å². The number of imidazole rings is 1. The molecule has 128 valence electrons. The lowest BCUT2D eigenvalue weighted by Crippen LogP contribution is -2.15. The summed E-state index contributed by atoms with van der Waals surface area (Å²) in [7, 11) is 0. The fraction of sp³-hybridized carbons (Fsp3) is 0.412. The van der Waals surface area contributed by atoms with Gasteiger partial charge in [0.2, 0.25) is 0 Å². The Morgan fingerprint density at radius 2 is 1.88 bits per heavy atom. The Bertz CT molecular complexity index is 935. The van der Waals surface area contributed by atoms with E-state index < -0.39 is 5.92 Å². The molecule has 3 rings (SSSR count). The number of hydrogen-bond donors (Lipinski definition) is 0. The van der Waals surface area contributed by atoms with Crippen molar-refractivity contribution in [1.82, 2.24) is 19.2 Å². The summed E-state index contributed by atoms with van der Waals surface area (Å²) in [6, 6.07) is 1.97. The first-order valence-corrected chi connectivity index (χ1v) is 8.13. The van der Waals surface area contributed by atoms with Crippen LogP contribution in [-0.4, -0.2) is 19.2 Å². The van der Waals surface area contributed by atoms with E-state index in [0.717, 1.165) is 29.4 Å². The van der Waals surface area contributed by atoms with Gasteiger partial charge in [0.15, 0.2) is 0 Å². The van der Waals surface area contributed by atoms with Gasteiger partial charge in [0.05, 0.1) is 16.4 Å². The molecular weight excluding hydrogens is 334 g/mol. The number of aryl methyl sites for hydroxylation is 4. The molecule has 0 aromatic carbocycles. The predicted octanol–water partition coefficient (Wildman–Crippen LogP) is 4.91. The molecule has 3 aromatic rings. The molecule has 0 radical (unpaired) electrons. The number of alkyl halides is 2. The molecule has 3 aromatic heterocycles. The van der Waals surface area contributed by atoms with Crippen LogP contribution in [0.3, 0.4) is 0 Å². The number of fused-ring (bicyclic) bond motifs is 1. The van der Waals surface area contributed by atoms with Crippen LogP contribution in [0.1, 0.15) is 36.4 Å². The van der Waals surface area contributed by atoms with Crippen LogP contribution in [0.25, 0.3) is 17.0 Å². The molecule has 0 N–H and O–H groups in total. The third-order valence-electron chi connectivity index (χ3n) is 4.06. The molecular formula is C17H19ClF2N4. The molecule has 0 aliphatic carbocycles. The number of aromatic nitrogens is 4. The number of hydrogen-bond acceptors (Lipinski definition) is 2. The maximum Gasteiger partial charge on any atom is 0.288 e. The molecule has 0 spiro atoms. The zero-order chi connectivity index (χ0) is 17.8. The first-order valence-electron chi connectivity index (χ1n) is 7.76. The molecule has 0 atom stereocenters. The summed E-state index contributed by atoms with van der Waals surface area (Å²) in [5, 5.41) is 4.36. The van der Waals surface area contributed by atoms with Gasteiger partial charge >= 0.3 is 0 Å². The fourth-order valence-electron chi connectivity index (χ4n) is 3.13. The molecule has 0 bridgehead atoms. The molecule has 0 saturated carbocycles. The van der Waals surface area contributed by atoms with Crippen molar-refractivity contribution in [2.75, 3.05) is 0 Å². The molecule has 0 aliphatic heterocycles. The SMILES string of the molecule is CCn1nc(-c2c(C)cc(C)c3nc(C)cn23)c(Cl)c1C(C)(F)F. The minimum atomic E-state index is -3.07. The van der Waals surface area contributed by atoms with Crippen molar-refractivity contribution in [3.63, 3.8) is 0 Å². The van der Waals surface area contributed by atoms with Gasteiger partial charge in [0.1, 0.15) is 17.0 Å². The van der Waals surface area contributed by atoms with Gasteiger partial charge in [-0.3, -0.25) is 9.08 Å². The summed E-state index contributed by atoms with van der Waals surface area (Å²) >= 11 is 6.35. The molecule has 0 aliphatic rings. The van der Waals surface area contributed by atoms with Crippen LogP contribution in [0, 0.1) is 20.8 Å². The van der Waals surface area contributed by atoms with Gasteiger partial charge in [-0.25, -0.2) is 4.98 Å². The van der Waals surface area contributed by atoms with Crippen LogP contribution in [0.4, 0.5) is 8.78 Å². The number of rotatable bonds is 3. The standard InChI is InChI=1S/C17H19ClF2N4/c1-6-24-15(17(5,19)20)12(18)13(22-24)14-9(2)7-10(3)16-21-11(4)8-23(14)16/h7-8H,6H2,1-5H3. The first kappa shape index (κ1) is 16.9. The van der Waals surface area contributed by atoms with E-state index in [-0.39, 0.29) is 10.7 Å². The van der Waals surface area contributed by atoms with Crippen LogP contribution in [-0.2, 0) is 12.5 Å². The number of nitrogens with zero attached hydrogens (tertiary/aromatic N) is 4. The molecule has 3 heterocycles. The highest BCUT2D eigenvalue weighted by Gasteiger charge is 2.35. The Labute approximate surface area is 144 Å². The van der Waals surface area contributed by atoms with Crippen molar-refractivity contribution in [2.24, 2.45) is 0 Å². The van der Waals surface area contributed by atoms with Crippen molar-refractivity contribution < 1.29 is 8.78 Å². The molecule has 0 unspecified atom stereocenters. The van der Waals surface area contributed by atoms with Crippen LogP contribution in [0.2, 0.25) is 5.02 Å². The Kier molecular flexibility index (Phi) is 3.91. The fourth-order valence-corrected chi connectivity index (χ4v) is 3.53. The van der Waals surface area contributed by atoms with Gasteiger partial charge in [-0.15, -0.1) is 0 Å². The van der Waals surface area contributed by atoms with Crippen molar-refractivity contribution in [1.29, 1.82) is 0 Å². The molecule has 7 heteroatoms. The number of halogens is 3. The molecule has 0 fully saturated rings. The Morgan fingerprint density at radius 3 is 2.42 bits per heavy atom. The lowest BCUT2D eigenvalue weighted by molar-refractivity contribution is 0.00807. The second-order valence-electron chi connectivity index (χ2n) is 6.15. The zero-order valence-corrected chi connectivity index (χ0v) is 15.0. The highest BCUT2D eigenvalue weighted by molar-refractivity contribution is 6.33. The van der Waals surface area contributed by atoms with Gasteiger partial charge in [0.25, 0.3) is 5.92 Å². The van der Waals surface area contributed by atoms with Gasteiger partial charge in [0, 0.05) is 19.7 Å². The van der Waals surface area contributed by atoms with E-state index in [9.17, 15) is 8.78 Å². The summed E-state index contributed by atoms with van der Waals surface area (Å²) in [5.41, 5.74) is 4.33. The largest absolute Gasteiger partial charge is 0.297 e. The maximum atomic E-state index is 14.0. The Hall–Kier alpha value is -1.95. The van der Waals surface area contributed by atoms with E-state index >= 15 is 0 Å². The van der Waals surface area contributed by atoms with Crippen LogP contribution >= 0.6 is 11.6 Å². The van der Waals surface area contributed by atoms with E-state index in [1.807, 2.05) is 37.4 Å². The minimum absolute atomic E-state index is 0.0102. The van der Waals surface area contributed by atoms with Crippen molar-refractivity contribution in [3.05, 3.63) is 39.8 Å². The molecule has 24 heavy (non-hydrogen) atoms. The quantitative estimate of drug-likeness (QED) is 0.671. The number of pyridine rings is 1. The van der Waals surface area contributed by atoms with E-state index in [2.05, 4.69) is 10.1 Å². The maximum absolute atomic E-state index is 14.0. The average molecular weight is 353 g/mol. The van der Waals surface area contributed by atoms with Crippen molar-refractivity contribution in [2.45, 2.75) is 47.1 Å². The Morgan fingerprint density at radius 1 is 1.21 bits per heavy atom. The monoisotopic (exact) mass is 352 g/mol. The summed E-state index contributed by atoms with van der Waals surface area (Å²) in [6.07, 6.45) is 1.87. The molecule has 4 nitrogen and oxygen atoms in total. The van der Waals surface area contributed by atoms with E-state index in [1.165, 1.54) is 4.68 Å². The van der Waals surface area contributed by atoms with Gasteiger partial charge in [-0.1, -0.05) is 17.7 Å². The second kappa shape index (κ2) is 5.55. The summed E-state index contributed by atoms with van der Waals surface area (Å²) in [5.74, 6) is -3.07. The van der Waals surface area contributed by atoms with Crippen LogP contribution in [0.5, 0.6) is 0 Å². The van der Waals surface area contributed by atoms with Crippen LogP contribution in [0.15, 0.2) is 12.3 Å². The summed E-state index contributed by atoms with van der Waals surface area (Å²) < 4.78 is 31.2. The predicted molar refractivity (Wildman–Crippen MR) is 90.9 cm³/mol. The molecule has 0 saturated heterocycles. The van der Waals surface area contributed by atoms with E-state index in [4.69, 9.17) is 11.6 Å². The topological polar surface area (TPSA) is 35.1 Å². The normalized spacial score (nSPS) is 12.3. The van der Waals surface area contributed by atoms with E-state index in [1.54, 1.807) is 6.92 Å². The minimum Gasteiger partial charge on any atom is -0.297 e. The molecule has 0 amide bonds. The summed E-state index contributed by atoms with van der Waals surface area (Å²) in [6.45, 7) is 8.70. The lowest BCUT2D eigenvalue weighted by Gasteiger charge is -2.12. The first-order chi connectivity index (χ1) is 11.1. The van der Waals surface area contributed by atoms with Gasteiger partial charge in [-0.2, -0.15) is 13.9 Å². The highest BCUT2D eigenvalue weighted by Crippen LogP contribution is 2.40. The third-order valence-corrected chi connectivity index (χ3v) is 4.42. The smallest absolute Gasteiger partial charge is 0.288 e. The third kappa shape index (κ3) is 2.49. The average Bonchev–Trinajstić information content (AvgIpc) is 2.99. The van der Waals surface area contributed by atoms with Crippen LogP contribution < -0.4 is 0 Å². The van der Waals surface area contributed by atoms with Gasteiger partial charge in [-0.05, 0) is 38.8 Å². The lowest BCUT2D eigenvalue weighted by atomic mass is 10.1. The van der Waals surface area contributed by atoms with E-state index in [0.29, 0.717) is 17.9 Å². The second-order valence-corrected chi connectivity index (χ2v) is 6.53. The Balaban J connectivity index is 2.39. The van der Waals surface area contributed by atoms with Gasteiger partial charge < -0.3 is 0 Å². The van der Waals surface area contributed by atoms with Crippen molar-refractivity contribution >= 4 is 17.2 Å². The zero-order valence-electron chi connectivity index (χ0n) is 14.3. The summed E-state index contributed by atoms with van der Waals surface area (Å²) in [4.78, 5) is 4.50.